The highest BCUT2D eigenvalue weighted by Gasteiger charge is 2.17. The largest absolute Gasteiger partial charge is 0.455 e. The maximum absolute atomic E-state index is 12.3. The van der Waals surface area contributed by atoms with E-state index in [2.05, 4.69) is 5.32 Å². The van der Waals surface area contributed by atoms with Crippen LogP contribution in [0, 0.1) is 10.1 Å². The molecule has 3 rings (SSSR count). The predicted molar refractivity (Wildman–Crippen MR) is 112 cm³/mol. The summed E-state index contributed by atoms with van der Waals surface area (Å²) in [5.41, 5.74) is 2.76. The molecule has 0 aliphatic heterocycles. The zero-order valence-electron chi connectivity index (χ0n) is 16.1. The molecule has 0 atom stereocenters. The number of nitrogens with zero attached hydrogens (tertiary/aromatic N) is 1. The number of rotatable bonds is 8. The first-order chi connectivity index (χ1) is 14.5. The molecule has 0 saturated carbocycles. The van der Waals surface area contributed by atoms with Gasteiger partial charge >= 0.3 is 5.97 Å². The van der Waals surface area contributed by atoms with Gasteiger partial charge in [-0.05, 0) is 23.6 Å². The number of esters is 1. The van der Waals surface area contributed by atoms with Crippen LogP contribution in [-0.4, -0.2) is 23.4 Å². The van der Waals surface area contributed by atoms with Crippen LogP contribution in [0.5, 0.6) is 0 Å². The second-order valence-corrected chi connectivity index (χ2v) is 6.59. The molecular formula is C23H20N2O5. The van der Waals surface area contributed by atoms with Gasteiger partial charge in [-0.25, -0.2) is 0 Å². The van der Waals surface area contributed by atoms with Gasteiger partial charge in [0.05, 0.1) is 11.3 Å². The molecule has 30 heavy (non-hydrogen) atoms. The van der Waals surface area contributed by atoms with Gasteiger partial charge in [0.15, 0.2) is 6.61 Å². The van der Waals surface area contributed by atoms with Crippen LogP contribution in [0.4, 0.5) is 11.4 Å². The summed E-state index contributed by atoms with van der Waals surface area (Å²) in [7, 11) is 0. The van der Waals surface area contributed by atoms with Gasteiger partial charge in [-0.1, -0.05) is 66.7 Å². The topological polar surface area (TPSA) is 98.5 Å². The Balaban J connectivity index is 1.56. The van der Waals surface area contributed by atoms with Crippen molar-refractivity contribution in [3.8, 4) is 0 Å². The summed E-state index contributed by atoms with van der Waals surface area (Å²) < 4.78 is 5.00. The zero-order chi connectivity index (χ0) is 21.3. The molecule has 0 aliphatic rings. The lowest BCUT2D eigenvalue weighted by atomic mass is 10.0. The van der Waals surface area contributed by atoms with Gasteiger partial charge in [0.25, 0.3) is 11.6 Å². The summed E-state index contributed by atoms with van der Waals surface area (Å²) >= 11 is 0. The van der Waals surface area contributed by atoms with Gasteiger partial charge in [-0.2, -0.15) is 0 Å². The molecule has 0 saturated heterocycles. The number of amides is 1. The second-order valence-electron chi connectivity index (χ2n) is 6.59. The number of hydrogen-bond donors (Lipinski definition) is 1. The van der Waals surface area contributed by atoms with Gasteiger partial charge in [-0.3, -0.25) is 19.7 Å². The quantitative estimate of drug-likeness (QED) is 0.349. The molecule has 152 valence electrons. The molecule has 0 radical (unpaired) electrons. The fourth-order valence-electron chi connectivity index (χ4n) is 2.99. The van der Waals surface area contributed by atoms with Crippen molar-refractivity contribution < 1.29 is 19.2 Å². The molecule has 0 fully saturated rings. The van der Waals surface area contributed by atoms with E-state index in [0.29, 0.717) is 12.1 Å². The molecule has 1 N–H and O–H groups in total. The smallest absolute Gasteiger partial charge is 0.311 e. The first kappa shape index (κ1) is 20.7. The number of nitro groups is 1. The van der Waals surface area contributed by atoms with Crippen molar-refractivity contribution in [1.82, 2.24) is 0 Å². The number of carbonyl (C=O) groups is 2. The van der Waals surface area contributed by atoms with Crippen molar-refractivity contribution in [2.24, 2.45) is 0 Å². The highest BCUT2D eigenvalue weighted by molar-refractivity contribution is 5.93. The highest BCUT2D eigenvalue weighted by atomic mass is 16.6. The molecular weight excluding hydrogens is 384 g/mol. The SMILES string of the molecule is O=C(COC(=O)Cc1ccccc1[N+](=O)[O-])Nc1ccccc1Cc1ccccc1. The minimum absolute atomic E-state index is 0.159. The molecule has 1 amide bonds. The lowest BCUT2D eigenvalue weighted by Gasteiger charge is -2.11. The summed E-state index contributed by atoms with van der Waals surface area (Å²) in [6.07, 6.45) is 0.365. The lowest BCUT2D eigenvalue weighted by molar-refractivity contribution is -0.385. The van der Waals surface area contributed by atoms with Crippen LogP contribution in [0.3, 0.4) is 0 Å². The van der Waals surface area contributed by atoms with Crippen LogP contribution in [0.1, 0.15) is 16.7 Å². The maximum Gasteiger partial charge on any atom is 0.311 e. The first-order valence-electron chi connectivity index (χ1n) is 9.32. The summed E-state index contributed by atoms with van der Waals surface area (Å²) in [4.78, 5) is 34.7. The van der Waals surface area contributed by atoms with Crippen LogP contribution in [0.25, 0.3) is 0 Å². The van der Waals surface area contributed by atoms with Gasteiger partial charge in [0, 0.05) is 17.3 Å². The Bertz CT molecular complexity index is 1050. The molecule has 0 spiro atoms. The number of benzene rings is 3. The van der Waals surface area contributed by atoms with Crippen molar-refractivity contribution >= 4 is 23.3 Å². The third-order valence-electron chi connectivity index (χ3n) is 4.42. The molecule has 0 heterocycles. The van der Waals surface area contributed by atoms with Crippen molar-refractivity contribution in [3.05, 3.63) is 106 Å². The number of hydrogen-bond acceptors (Lipinski definition) is 5. The number of nitro benzene ring substituents is 1. The third kappa shape index (κ3) is 5.75. The van der Waals surface area contributed by atoms with Crippen molar-refractivity contribution in [1.29, 1.82) is 0 Å². The Morgan fingerprint density at radius 1 is 0.867 bits per heavy atom. The number of carbonyl (C=O) groups excluding carboxylic acids is 2. The van der Waals surface area contributed by atoms with E-state index in [1.807, 2.05) is 48.5 Å². The van der Waals surface area contributed by atoms with E-state index in [0.717, 1.165) is 11.1 Å². The standard InChI is InChI=1S/C23H20N2O5/c26-22(16-30-23(27)15-19-11-5-7-13-21(19)25(28)29)24-20-12-6-4-10-18(20)14-17-8-2-1-3-9-17/h1-13H,14-16H2,(H,24,26). The normalized spacial score (nSPS) is 10.3. The van der Waals surface area contributed by atoms with Crippen LogP contribution in [-0.2, 0) is 27.2 Å². The Hall–Kier alpha value is -4.00. The van der Waals surface area contributed by atoms with Gasteiger partial charge in [-0.15, -0.1) is 0 Å². The molecule has 7 nitrogen and oxygen atoms in total. The Morgan fingerprint density at radius 3 is 2.23 bits per heavy atom. The number of ether oxygens (including phenoxy) is 1. The van der Waals surface area contributed by atoms with Gasteiger partial charge in [0.1, 0.15) is 0 Å². The fourth-order valence-corrected chi connectivity index (χ4v) is 2.99. The van der Waals surface area contributed by atoms with Crippen molar-refractivity contribution in [2.75, 3.05) is 11.9 Å². The van der Waals surface area contributed by atoms with Gasteiger partial charge < -0.3 is 10.1 Å². The summed E-state index contributed by atoms with van der Waals surface area (Å²) in [5, 5.41) is 13.8. The van der Waals surface area contributed by atoms with E-state index in [9.17, 15) is 19.7 Å². The van der Waals surface area contributed by atoms with E-state index in [1.54, 1.807) is 12.1 Å². The van der Waals surface area contributed by atoms with E-state index in [4.69, 9.17) is 4.74 Å². The van der Waals surface area contributed by atoms with Crippen LogP contribution in [0.15, 0.2) is 78.9 Å². The number of anilines is 1. The summed E-state index contributed by atoms with van der Waals surface area (Å²) in [6, 6.07) is 23.2. The van der Waals surface area contributed by atoms with Gasteiger partial charge in [0.2, 0.25) is 0 Å². The van der Waals surface area contributed by atoms with Crippen LogP contribution >= 0.6 is 0 Å². The molecule has 0 aromatic heterocycles. The van der Waals surface area contributed by atoms with E-state index >= 15 is 0 Å². The van der Waals surface area contributed by atoms with Crippen LogP contribution < -0.4 is 5.32 Å². The zero-order valence-corrected chi connectivity index (χ0v) is 16.1. The summed E-state index contributed by atoms with van der Waals surface area (Å²) in [6.45, 7) is -0.473. The fraction of sp³-hybridized carbons (Fsp3) is 0.130. The molecule has 0 bridgehead atoms. The minimum atomic E-state index is -0.711. The van der Waals surface area contributed by atoms with E-state index < -0.39 is 23.4 Å². The molecule has 7 heteroatoms. The monoisotopic (exact) mass is 404 g/mol. The highest BCUT2D eigenvalue weighted by Crippen LogP contribution is 2.20. The first-order valence-corrected chi connectivity index (χ1v) is 9.32. The van der Waals surface area contributed by atoms with Crippen LogP contribution in [0.2, 0.25) is 0 Å². The average Bonchev–Trinajstić information content (AvgIpc) is 2.75. The Kier molecular flexibility index (Phi) is 6.89. The average molecular weight is 404 g/mol. The number of para-hydroxylation sites is 2. The van der Waals surface area contributed by atoms with Crippen molar-refractivity contribution in [3.63, 3.8) is 0 Å². The maximum atomic E-state index is 12.3. The summed E-state index contributed by atoms with van der Waals surface area (Å²) in [5.74, 6) is -1.19. The van der Waals surface area contributed by atoms with E-state index in [1.165, 1.54) is 18.2 Å². The molecule has 3 aromatic rings. The lowest BCUT2D eigenvalue weighted by Crippen LogP contribution is -2.22. The van der Waals surface area contributed by atoms with Crippen molar-refractivity contribution in [2.45, 2.75) is 12.8 Å². The Morgan fingerprint density at radius 2 is 1.50 bits per heavy atom. The minimum Gasteiger partial charge on any atom is -0.455 e. The molecule has 0 unspecified atom stereocenters. The molecule has 0 aliphatic carbocycles. The number of nitrogens with one attached hydrogen (secondary N) is 1. The Labute approximate surface area is 173 Å². The molecule has 3 aromatic carbocycles. The second kappa shape index (κ2) is 9.97. The predicted octanol–water partition coefficient (Wildman–Crippen LogP) is 3.91. The third-order valence-corrected chi connectivity index (χ3v) is 4.42. The van der Waals surface area contributed by atoms with E-state index in [-0.39, 0.29) is 17.7 Å².